The van der Waals surface area contributed by atoms with Crippen LogP contribution in [0.25, 0.3) is 0 Å². The molecule has 59 heavy (non-hydrogen) atoms. The summed E-state index contributed by atoms with van der Waals surface area (Å²) < 4.78 is 11.4. The maximum Gasteiger partial charge on any atom is 0.407 e. The Bertz CT molecular complexity index is 1440. The van der Waals surface area contributed by atoms with Crippen molar-refractivity contribution in [1.82, 2.24) is 10.6 Å². The predicted octanol–water partition coefficient (Wildman–Crippen LogP) is 8.96. The minimum Gasteiger partial charge on any atom is -0.448 e. The number of benzene rings is 1. The summed E-state index contributed by atoms with van der Waals surface area (Å²) in [6, 6.07) is 8.44. The Morgan fingerprint density at radius 1 is 0.966 bits per heavy atom. The number of aryl methyl sites for hydroxylation is 1. The number of hydrogen-bond acceptors (Lipinski definition) is 8. The van der Waals surface area contributed by atoms with Crippen LogP contribution < -0.4 is 15.5 Å². The first kappa shape index (κ1) is 49.5. The van der Waals surface area contributed by atoms with Gasteiger partial charge in [-0.2, -0.15) is 0 Å². The lowest BCUT2D eigenvalue weighted by molar-refractivity contribution is 0.0613. The number of aliphatic hydroxyl groups is 3. The number of allylic oxidation sites excluding steroid dienone is 3. The number of alkyl carbamates (subject to hydrolysis) is 1. The minimum absolute atomic E-state index is 0.324. The van der Waals surface area contributed by atoms with Gasteiger partial charge in [0.1, 0.15) is 6.61 Å². The van der Waals surface area contributed by atoms with Crippen LogP contribution in [0.4, 0.5) is 10.5 Å². The molecule has 6 unspecified atom stereocenters. The van der Waals surface area contributed by atoms with Crippen LogP contribution in [0.3, 0.4) is 0 Å². The van der Waals surface area contributed by atoms with E-state index in [1.54, 1.807) is 0 Å². The highest BCUT2D eigenvalue weighted by molar-refractivity contribution is 6.18. The number of fused-ring (bicyclic) bond motifs is 1. The first-order chi connectivity index (χ1) is 28.4. The molecule has 3 fully saturated rings. The molecule has 1 amide bonds. The third-order valence-electron chi connectivity index (χ3n) is 13.0. The van der Waals surface area contributed by atoms with Crippen LogP contribution in [-0.4, -0.2) is 104 Å². The lowest BCUT2D eigenvalue weighted by atomic mass is 9.65. The fourth-order valence-corrected chi connectivity index (χ4v) is 10.2. The molecule has 0 heterocycles. The fraction of sp³-hybridized carbons (Fsp3) is 0.729. The number of ether oxygens (including phenoxy) is 2. The van der Waals surface area contributed by atoms with E-state index in [1.165, 1.54) is 30.4 Å². The van der Waals surface area contributed by atoms with Crippen molar-refractivity contribution in [3.63, 3.8) is 0 Å². The van der Waals surface area contributed by atoms with Crippen LogP contribution in [0.15, 0.2) is 59.7 Å². The number of halogens is 2. The Hall–Kier alpha value is -2.11. The van der Waals surface area contributed by atoms with E-state index in [-0.39, 0.29) is 6.09 Å². The fourth-order valence-electron chi connectivity index (χ4n) is 9.84. The van der Waals surface area contributed by atoms with E-state index in [4.69, 9.17) is 32.7 Å². The number of carbonyl (C=O) groups is 1. The van der Waals surface area contributed by atoms with E-state index < -0.39 is 17.8 Å². The van der Waals surface area contributed by atoms with Crippen molar-refractivity contribution in [3.05, 3.63) is 65.3 Å². The van der Waals surface area contributed by atoms with E-state index in [9.17, 15) is 20.1 Å². The van der Waals surface area contributed by atoms with E-state index in [1.807, 2.05) is 13.8 Å². The summed E-state index contributed by atoms with van der Waals surface area (Å²) in [4.78, 5) is 14.3. The highest BCUT2D eigenvalue weighted by atomic mass is 35.5. The van der Waals surface area contributed by atoms with Crippen molar-refractivity contribution in [2.75, 3.05) is 69.2 Å². The van der Waals surface area contributed by atoms with E-state index >= 15 is 0 Å². The van der Waals surface area contributed by atoms with Crippen LogP contribution >= 0.6 is 23.2 Å². The smallest absolute Gasteiger partial charge is 0.407 e. The molecular weight excluding hydrogens is 785 g/mol. The Morgan fingerprint density at radius 2 is 1.69 bits per heavy atom. The van der Waals surface area contributed by atoms with Crippen LogP contribution in [0, 0.1) is 29.6 Å². The summed E-state index contributed by atoms with van der Waals surface area (Å²) in [7, 11) is 0. The average Bonchev–Trinajstić information content (AvgIpc) is 3.65. The van der Waals surface area contributed by atoms with Crippen molar-refractivity contribution < 1.29 is 29.6 Å². The van der Waals surface area contributed by atoms with Crippen molar-refractivity contribution >= 4 is 35.0 Å². The third-order valence-corrected chi connectivity index (χ3v) is 13.3. The van der Waals surface area contributed by atoms with Crippen LogP contribution in [-0.2, 0) is 15.9 Å². The second-order valence-corrected chi connectivity index (χ2v) is 18.8. The molecule has 334 valence electrons. The van der Waals surface area contributed by atoms with Crippen molar-refractivity contribution in [3.8, 4) is 0 Å². The molecule has 0 aliphatic heterocycles. The molecule has 3 aliphatic rings. The summed E-state index contributed by atoms with van der Waals surface area (Å²) in [6.07, 6.45) is 16.4. The quantitative estimate of drug-likeness (QED) is 0.0463. The van der Waals surface area contributed by atoms with Gasteiger partial charge in [0.15, 0.2) is 0 Å². The molecule has 3 aliphatic carbocycles. The Morgan fingerprint density at radius 3 is 2.42 bits per heavy atom. The summed E-state index contributed by atoms with van der Waals surface area (Å²) in [5.41, 5.74) is 4.97. The van der Waals surface area contributed by atoms with Gasteiger partial charge in [-0.1, -0.05) is 56.2 Å². The summed E-state index contributed by atoms with van der Waals surface area (Å²) in [5, 5.41) is 37.3. The number of aliphatic hydroxyl groups excluding tert-OH is 2. The van der Waals surface area contributed by atoms with Gasteiger partial charge in [0.25, 0.3) is 0 Å². The highest BCUT2D eigenvalue weighted by Gasteiger charge is 2.45. The van der Waals surface area contributed by atoms with Crippen LogP contribution in [0.2, 0.25) is 0 Å². The molecule has 0 radical (unpaired) electrons. The molecule has 3 saturated carbocycles. The maximum atomic E-state index is 12.1. The summed E-state index contributed by atoms with van der Waals surface area (Å²) in [5.74, 6) is 4.36. The van der Waals surface area contributed by atoms with Gasteiger partial charge in [0.05, 0.1) is 17.8 Å². The molecule has 11 heteroatoms. The Balaban J connectivity index is 1.10. The number of hydrogen-bond donors (Lipinski definition) is 5. The minimum atomic E-state index is -0.658. The lowest BCUT2D eigenvalue weighted by Gasteiger charge is -2.40. The van der Waals surface area contributed by atoms with Gasteiger partial charge in [-0.15, -0.1) is 23.2 Å². The van der Waals surface area contributed by atoms with E-state index in [0.717, 1.165) is 101 Å². The van der Waals surface area contributed by atoms with Crippen molar-refractivity contribution in [1.29, 1.82) is 0 Å². The molecular formula is C48H77Cl2N3O6. The standard InChI is InChI=1S/C48H77Cl2N3O6/c1-35-12-15-39(16-17-40-33-42(54)34-45(55)36(40)2)44-21-20-43(46(35)44)38(10-5-22-48(3,4)57)11-7-30-58-31-8-25-51-27-32-59-47(56)52-26-6-9-37-13-18-41(19-14-37)53(28-23-49)29-24-50/h13-14,16-19,35,38,42-46,51,54-55,57H,2,5-12,15,20-34H2,1,3-4H3,(H,52,56)/t35-,38?,42?,43?,44?,45?,46?/m0/s1. The number of amides is 1. The molecule has 4 rings (SSSR count). The second kappa shape index (κ2) is 26.4. The second-order valence-electron chi connectivity index (χ2n) is 18.0. The van der Waals surface area contributed by atoms with Gasteiger partial charge in [0, 0.05) is 63.3 Å². The number of rotatable bonds is 26. The zero-order chi connectivity index (χ0) is 42.6. The van der Waals surface area contributed by atoms with Gasteiger partial charge in [-0.05, 0) is 149 Å². The Labute approximate surface area is 366 Å². The molecule has 0 spiro atoms. The van der Waals surface area contributed by atoms with Crippen LogP contribution in [0.5, 0.6) is 0 Å². The van der Waals surface area contributed by atoms with Crippen molar-refractivity contribution in [2.24, 2.45) is 29.6 Å². The van der Waals surface area contributed by atoms with Gasteiger partial charge in [-0.3, -0.25) is 0 Å². The molecule has 0 aromatic heterocycles. The molecule has 1 aromatic rings. The largest absolute Gasteiger partial charge is 0.448 e. The van der Waals surface area contributed by atoms with E-state index in [2.05, 4.69) is 65.5 Å². The van der Waals surface area contributed by atoms with Crippen LogP contribution in [0.1, 0.15) is 110 Å². The van der Waals surface area contributed by atoms with Gasteiger partial charge < -0.3 is 40.3 Å². The maximum absolute atomic E-state index is 12.1. The number of anilines is 1. The number of nitrogens with zero attached hydrogens (tertiary/aromatic N) is 1. The average molecular weight is 863 g/mol. The van der Waals surface area contributed by atoms with Crippen molar-refractivity contribution in [2.45, 2.75) is 128 Å². The topological polar surface area (TPSA) is 124 Å². The summed E-state index contributed by atoms with van der Waals surface area (Å²) in [6.45, 7) is 15.7. The van der Waals surface area contributed by atoms with E-state index in [0.29, 0.717) is 80.5 Å². The van der Waals surface area contributed by atoms with Gasteiger partial charge >= 0.3 is 6.09 Å². The first-order valence-electron chi connectivity index (χ1n) is 22.7. The zero-order valence-corrected chi connectivity index (χ0v) is 38.0. The predicted molar refractivity (Wildman–Crippen MR) is 244 cm³/mol. The van der Waals surface area contributed by atoms with Gasteiger partial charge in [-0.25, -0.2) is 4.79 Å². The monoisotopic (exact) mass is 862 g/mol. The number of carbonyl (C=O) groups excluding carboxylic acids is 1. The Kier molecular flexibility index (Phi) is 22.2. The first-order valence-corrected chi connectivity index (χ1v) is 23.8. The normalized spacial score (nSPS) is 25.3. The highest BCUT2D eigenvalue weighted by Crippen LogP contribution is 2.54. The molecule has 9 nitrogen and oxygen atoms in total. The lowest BCUT2D eigenvalue weighted by Crippen LogP contribution is -2.32. The zero-order valence-electron chi connectivity index (χ0n) is 36.5. The molecule has 0 bridgehead atoms. The molecule has 0 saturated heterocycles. The van der Waals surface area contributed by atoms with Gasteiger partial charge in [0.2, 0.25) is 0 Å². The summed E-state index contributed by atoms with van der Waals surface area (Å²) >= 11 is 11.9. The third kappa shape index (κ3) is 17.3. The molecule has 7 atom stereocenters. The number of nitrogens with one attached hydrogen (secondary N) is 2. The molecule has 5 N–H and O–H groups in total. The number of alkyl halides is 2. The SMILES string of the molecule is C=C1C(=CC=C2CC[C@H](C)C3C2CCC3C(CCCOCCCNCCOC(=O)NCCCc2ccc(N(CCCl)CCCl)cc2)CCCC(C)(C)O)CC(O)CC1O. The molecule has 1 aromatic carbocycles.